The van der Waals surface area contributed by atoms with E-state index in [1.165, 1.54) is 18.2 Å². The Labute approximate surface area is 136 Å². The average molecular weight is 372 g/mol. The molecule has 1 N–H and O–H groups in total. The first-order valence-electron chi connectivity index (χ1n) is 6.67. The first-order valence-corrected chi connectivity index (χ1v) is 8.45. The smallest absolute Gasteiger partial charge is 0.130 e. The molecule has 2 aromatic rings. The number of hydrogen-bond donors (Lipinski definition) is 1. The number of nitrogens with one attached hydrogen (secondary N) is 1. The van der Waals surface area contributed by atoms with Crippen molar-refractivity contribution in [2.75, 3.05) is 12.3 Å². The topological polar surface area (TPSA) is 12.0 Å². The fraction of sp³-hybridized carbons (Fsp3) is 0.250. The van der Waals surface area contributed by atoms with Crippen molar-refractivity contribution in [1.29, 1.82) is 0 Å². The molecule has 0 radical (unpaired) electrons. The predicted molar refractivity (Wildman–Crippen MR) is 87.6 cm³/mol. The van der Waals surface area contributed by atoms with E-state index in [0.29, 0.717) is 12.3 Å². The van der Waals surface area contributed by atoms with Crippen LogP contribution < -0.4 is 5.32 Å². The average Bonchev–Trinajstić information content (AvgIpc) is 2.46. The van der Waals surface area contributed by atoms with Crippen LogP contribution in [-0.2, 0) is 0 Å². The summed E-state index contributed by atoms with van der Waals surface area (Å²) in [7, 11) is 0. The first kappa shape index (κ1) is 16.5. The second kappa shape index (κ2) is 7.92. The highest BCUT2D eigenvalue weighted by Gasteiger charge is 2.19. The fourth-order valence-corrected chi connectivity index (χ4v) is 3.28. The lowest BCUT2D eigenvalue weighted by Crippen LogP contribution is -2.25. The molecule has 1 nitrogen and oxygen atoms in total. The summed E-state index contributed by atoms with van der Waals surface area (Å²) in [5.74, 6) is -0.442. The fourth-order valence-electron chi connectivity index (χ4n) is 2.04. The van der Waals surface area contributed by atoms with E-state index in [4.69, 9.17) is 0 Å². The van der Waals surface area contributed by atoms with Gasteiger partial charge in [-0.1, -0.05) is 28.9 Å². The summed E-state index contributed by atoms with van der Waals surface area (Å²) < 4.78 is 28.8. The zero-order valence-corrected chi connectivity index (χ0v) is 14.0. The molecule has 0 fully saturated rings. The van der Waals surface area contributed by atoms with Gasteiger partial charge in [-0.05, 0) is 42.9 Å². The van der Waals surface area contributed by atoms with Crippen LogP contribution in [0.2, 0.25) is 0 Å². The molecule has 0 heterocycles. The lowest BCUT2D eigenvalue weighted by molar-refractivity contribution is 0.500. The number of rotatable bonds is 6. The summed E-state index contributed by atoms with van der Waals surface area (Å²) in [4.78, 5) is 1.07. The van der Waals surface area contributed by atoms with Gasteiger partial charge in [-0.2, -0.15) is 0 Å². The Balaban J connectivity index is 2.14. The van der Waals surface area contributed by atoms with Crippen molar-refractivity contribution in [3.8, 4) is 0 Å². The molecule has 2 rings (SSSR count). The summed E-state index contributed by atoms with van der Waals surface area (Å²) in [6.07, 6.45) is 0. The summed E-state index contributed by atoms with van der Waals surface area (Å²) >= 11 is 4.96. The van der Waals surface area contributed by atoms with E-state index in [2.05, 4.69) is 21.2 Å². The number of benzene rings is 2. The quantitative estimate of drug-likeness (QED) is 0.702. The molecular formula is C16H16BrF2NS. The third-order valence-corrected chi connectivity index (χ3v) is 4.66. The van der Waals surface area contributed by atoms with Gasteiger partial charge in [0.25, 0.3) is 0 Å². The van der Waals surface area contributed by atoms with Gasteiger partial charge in [0.05, 0.1) is 0 Å². The summed E-state index contributed by atoms with van der Waals surface area (Å²) in [5.41, 5.74) is 0.115. The molecule has 5 heteroatoms. The highest BCUT2D eigenvalue weighted by Crippen LogP contribution is 2.28. The largest absolute Gasteiger partial charge is 0.309 e. The molecule has 0 aliphatic carbocycles. The third kappa shape index (κ3) is 4.53. The second-order valence-corrected chi connectivity index (χ2v) is 6.52. The van der Waals surface area contributed by atoms with Crippen LogP contribution in [0.5, 0.6) is 0 Å². The van der Waals surface area contributed by atoms with E-state index in [0.717, 1.165) is 9.37 Å². The van der Waals surface area contributed by atoms with Gasteiger partial charge >= 0.3 is 0 Å². The van der Waals surface area contributed by atoms with Crippen LogP contribution in [0.25, 0.3) is 0 Å². The van der Waals surface area contributed by atoms with Gasteiger partial charge in [0, 0.05) is 26.7 Å². The normalized spacial score (nSPS) is 12.4. The summed E-state index contributed by atoms with van der Waals surface area (Å²) in [6.45, 7) is 2.58. The number of halogens is 3. The van der Waals surface area contributed by atoms with E-state index >= 15 is 0 Å². The van der Waals surface area contributed by atoms with Crippen LogP contribution >= 0.6 is 27.7 Å². The Bertz CT molecular complexity index is 569. The molecule has 1 unspecified atom stereocenters. The Morgan fingerprint density at radius 1 is 1.10 bits per heavy atom. The van der Waals surface area contributed by atoms with Crippen molar-refractivity contribution >= 4 is 27.7 Å². The van der Waals surface area contributed by atoms with E-state index in [9.17, 15) is 8.78 Å². The zero-order chi connectivity index (χ0) is 15.2. The maximum absolute atomic E-state index is 13.9. The first-order chi connectivity index (χ1) is 10.1. The van der Waals surface area contributed by atoms with Crippen LogP contribution in [0.15, 0.2) is 51.8 Å². The van der Waals surface area contributed by atoms with Gasteiger partial charge in [-0.3, -0.25) is 0 Å². The lowest BCUT2D eigenvalue weighted by atomic mass is 10.1. The van der Waals surface area contributed by atoms with Crippen molar-refractivity contribution < 1.29 is 8.78 Å². The molecule has 112 valence electrons. The minimum atomic E-state index is -0.502. The monoisotopic (exact) mass is 371 g/mol. The van der Waals surface area contributed by atoms with Gasteiger partial charge < -0.3 is 5.32 Å². The van der Waals surface area contributed by atoms with Crippen molar-refractivity contribution in [3.63, 3.8) is 0 Å². The molecule has 21 heavy (non-hydrogen) atoms. The van der Waals surface area contributed by atoms with Crippen molar-refractivity contribution in [1.82, 2.24) is 5.32 Å². The van der Waals surface area contributed by atoms with Gasteiger partial charge in [0.1, 0.15) is 11.6 Å². The number of thioether (sulfide) groups is 1. The maximum atomic E-state index is 13.9. The van der Waals surface area contributed by atoms with Crippen molar-refractivity contribution in [2.24, 2.45) is 0 Å². The standard InChI is InChI=1S/C16H16BrF2NS/c1-2-20-15(16-13(18)4-3-5-14(16)19)10-21-12-8-6-11(17)7-9-12/h3-9,15,20H,2,10H2,1H3. The lowest BCUT2D eigenvalue weighted by Gasteiger charge is -2.19. The van der Waals surface area contributed by atoms with Crippen LogP contribution in [0, 0.1) is 11.6 Å². The van der Waals surface area contributed by atoms with Gasteiger partial charge in [0.15, 0.2) is 0 Å². The van der Waals surface area contributed by atoms with Gasteiger partial charge in [-0.25, -0.2) is 8.78 Å². The molecule has 2 aromatic carbocycles. The van der Waals surface area contributed by atoms with Crippen molar-refractivity contribution in [2.45, 2.75) is 17.9 Å². The van der Waals surface area contributed by atoms with Gasteiger partial charge in [0.2, 0.25) is 0 Å². The van der Waals surface area contributed by atoms with Crippen LogP contribution in [-0.4, -0.2) is 12.3 Å². The third-order valence-electron chi connectivity index (χ3n) is 3.03. The second-order valence-electron chi connectivity index (χ2n) is 4.51. The summed E-state index contributed by atoms with van der Waals surface area (Å²) in [5, 5.41) is 3.15. The highest BCUT2D eigenvalue weighted by atomic mass is 79.9. The van der Waals surface area contributed by atoms with Crippen molar-refractivity contribution in [3.05, 3.63) is 64.1 Å². The molecule has 0 saturated carbocycles. The Kier molecular flexibility index (Phi) is 6.21. The molecule has 0 aliphatic heterocycles. The Morgan fingerprint density at radius 3 is 2.29 bits per heavy atom. The van der Waals surface area contributed by atoms with E-state index in [1.807, 2.05) is 31.2 Å². The van der Waals surface area contributed by atoms with Gasteiger partial charge in [-0.15, -0.1) is 11.8 Å². The van der Waals surface area contributed by atoms with Crippen LogP contribution in [0.3, 0.4) is 0 Å². The maximum Gasteiger partial charge on any atom is 0.130 e. The molecule has 0 amide bonds. The summed E-state index contributed by atoms with van der Waals surface area (Å²) in [6, 6.07) is 11.5. The zero-order valence-electron chi connectivity index (χ0n) is 11.6. The number of hydrogen-bond acceptors (Lipinski definition) is 2. The van der Waals surface area contributed by atoms with E-state index < -0.39 is 11.6 Å². The van der Waals surface area contributed by atoms with E-state index in [-0.39, 0.29) is 11.6 Å². The molecule has 1 atom stereocenters. The van der Waals surface area contributed by atoms with Crippen LogP contribution in [0.1, 0.15) is 18.5 Å². The minimum Gasteiger partial charge on any atom is -0.309 e. The predicted octanol–water partition coefficient (Wildman–Crippen LogP) is 5.17. The molecule has 0 saturated heterocycles. The molecular weight excluding hydrogens is 356 g/mol. The Morgan fingerprint density at radius 2 is 1.71 bits per heavy atom. The highest BCUT2D eigenvalue weighted by molar-refractivity contribution is 9.10. The van der Waals surface area contributed by atoms with E-state index in [1.54, 1.807) is 11.8 Å². The molecule has 0 aliphatic rings. The van der Waals surface area contributed by atoms with Crippen LogP contribution in [0.4, 0.5) is 8.78 Å². The molecule has 0 bridgehead atoms. The molecule has 0 aromatic heterocycles. The molecule has 0 spiro atoms. The minimum absolute atomic E-state index is 0.115. The Hall–Kier alpha value is -0.910. The SMILES string of the molecule is CCNC(CSc1ccc(Br)cc1)c1c(F)cccc1F.